The number of piperidine rings is 1. The van der Waals surface area contributed by atoms with Crippen LogP contribution >= 0.6 is 0 Å². The molecule has 2 aromatic heterocycles. The normalized spacial score (nSPS) is 19.1. The quantitative estimate of drug-likeness (QED) is 0.841. The summed E-state index contributed by atoms with van der Waals surface area (Å²) in [6, 6.07) is 1.91. The zero-order valence-corrected chi connectivity index (χ0v) is 13.9. The summed E-state index contributed by atoms with van der Waals surface area (Å²) in [6.45, 7) is 6.38. The molecule has 1 amide bonds. The van der Waals surface area contributed by atoms with Gasteiger partial charge in [-0.3, -0.25) is 0 Å². The van der Waals surface area contributed by atoms with Crippen molar-refractivity contribution in [1.82, 2.24) is 14.9 Å². The number of nitrogens with two attached hydrogens (primary N) is 1. The maximum atomic E-state index is 12.6. The maximum absolute atomic E-state index is 12.6. The molecule has 6 heteroatoms. The number of ether oxygens (including phenoxy) is 1. The molecule has 1 unspecified atom stereocenters. The number of amides is 1. The minimum atomic E-state index is -0.495. The number of nitrogens with zero attached hydrogens (tertiary/aromatic N) is 2. The minimum absolute atomic E-state index is 0.00375. The van der Waals surface area contributed by atoms with E-state index in [0.717, 1.165) is 35.9 Å². The average Bonchev–Trinajstić information content (AvgIpc) is 2.88. The van der Waals surface area contributed by atoms with Gasteiger partial charge in [0, 0.05) is 23.7 Å². The van der Waals surface area contributed by atoms with Crippen molar-refractivity contribution in [2.24, 2.45) is 0 Å². The summed E-state index contributed by atoms with van der Waals surface area (Å²) < 4.78 is 5.58. The third kappa shape index (κ3) is 3.25. The number of nitrogens with one attached hydrogen (secondary N) is 1. The monoisotopic (exact) mass is 316 g/mol. The van der Waals surface area contributed by atoms with Crippen LogP contribution in [0, 0.1) is 0 Å². The van der Waals surface area contributed by atoms with Crippen molar-refractivity contribution in [3.05, 3.63) is 24.0 Å². The molecule has 3 N–H and O–H groups in total. The van der Waals surface area contributed by atoms with E-state index >= 15 is 0 Å². The standard InChI is InChI=1S/C17H24N4O2/c1-17(2,3)23-16(22)21-7-5-4-6-14(21)13-10-20-15-12(13)8-11(18)9-19-15/h8-10,14H,4-7,18H2,1-3H3,(H,19,20). The second-order valence-electron chi connectivity index (χ2n) is 7.09. The van der Waals surface area contributed by atoms with Crippen LogP contribution in [0.25, 0.3) is 11.0 Å². The highest BCUT2D eigenvalue weighted by molar-refractivity contribution is 5.83. The molecule has 0 radical (unpaired) electrons. The third-order valence-corrected chi connectivity index (χ3v) is 4.07. The summed E-state index contributed by atoms with van der Waals surface area (Å²) in [6.07, 6.45) is 6.32. The van der Waals surface area contributed by atoms with Crippen LogP contribution in [0.1, 0.15) is 51.6 Å². The second-order valence-corrected chi connectivity index (χ2v) is 7.09. The van der Waals surface area contributed by atoms with Crippen molar-refractivity contribution in [2.45, 2.75) is 51.7 Å². The zero-order valence-electron chi connectivity index (χ0n) is 13.9. The summed E-state index contributed by atoms with van der Waals surface area (Å²) >= 11 is 0. The van der Waals surface area contributed by atoms with Crippen LogP contribution in [0.15, 0.2) is 18.5 Å². The minimum Gasteiger partial charge on any atom is -0.444 e. The van der Waals surface area contributed by atoms with Crippen LogP contribution in [0.4, 0.5) is 10.5 Å². The summed E-state index contributed by atoms with van der Waals surface area (Å²) in [5, 5.41) is 0.977. The molecule has 124 valence electrons. The van der Waals surface area contributed by atoms with Gasteiger partial charge in [0.05, 0.1) is 17.9 Å². The second kappa shape index (κ2) is 5.76. The van der Waals surface area contributed by atoms with Gasteiger partial charge in [-0.1, -0.05) is 0 Å². The summed E-state index contributed by atoms with van der Waals surface area (Å²) in [7, 11) is 0. The number of hydrogen-bond donors (Lipinski definition) is 2. The van der Waals surface area contributed by atoms with Crippen molar-refractivity contribution in [1.29, 1.82) is 0 Å². The molecule has 0 saturated carbocycles. The lowest BCUT2D eigenvalue weighted by atomic mass is 9.95. The number of carbonyl (C=O) groups excluding carboxylic acids is 1. The van der Waals surface area contributed by atoms with E-state index in [1.165, 1.54) is 0 Å². The number of hydrogen-bond acceptors (Lipinski definition) is 4. The number of pyridine rings is 1. The molecule has 1 atom stereocenters. The zero-order chi connectivity index (χ0) is 16.6. The number of fused-ring (bicyclic) bond motifs is 1. The largest absolute Gasteiger partial charge is 0.444 e. The molecule has 0 aliphatic carbocycles. The molecule has 3 heterocycles. The van der Waals surface area contributed by atoms with Gasteiger partial charge in [-0.25, -0.2) is 9.78 Å². The van der Waals surface area contributed by atoms with Crippen LogP contribution in [0.2, 0.25) is 0 Å². The van der Waals surface area contributed by atoms with E-state index in [1.807, 2.05) is 37.9 Å². The Bertz CT molecular complexity index is 717. The highest BCUT2D eigenvalue weighted by atomic mass is 16.6. The molecule has 0 spiro atoms. The molecule has 1 aliphatic rings. The SMILES string of the molecule is CC(C)(C)OC(=O)N1CCCCC1c1c[nH]c2ncc(N)cc12. The number of nitrogen functional groups attached to an aromatic ring is 1. The number of aromatic amines is 1. The van der Waals surface area contributed by atoms with Crippen LogP contribution in [-0.4, -0.2) is 33.1 Å². The van der Waals surface area contributed by atoms with E-state index < -0.39 is 5.60 Å². The van der Waals surface area contributed by atoms with E-state index in [-0.39, 0.29) is 12.1 Å². The smallest absolute Gasteiger partial charge is 0.410 e. The Morgan fingerprint density at radius 1 is 1.43 bits per heavy atom. The molecule has 1 saturated heterocycles. The van der Waals surface area contributed by atoms with Gasteiger partial charge in [-0.15, -0.1) is 0 Å². The topological polar surface area (TPSA) is 84.2 Å². The highest BCUT2D eigenvalue weighted by Crippen LogP contribution is 2.36. The number of anilines is 1. The Morgan fingerprint density at radius 2 is 2.22 bits per heavy atom. The number of aromatic nitrogens is 2. The van der Waals surface area contributed by atoms with Crippen molar-refractivity contribution >= 4 is 22.8 Å². The fourth-order valence-electron chi connectivity index (χ4n) is 3.11. The average molecular weight is 316 g/mol. The predicted octanol–water partition coefficient (Wildman–Crippen LogP) is 3.61. The number of carbonyl (C=O) groups is 1. The fourth-order valence-corrected chi connectivity index (χ4v) is 3.11. The van der Waals surface area contributed by atoms with E-state index in [4.69, 9.17) is 10.5 Å². The van der Waals surface area contributed by atoms with Gasteiger partial charge in [0.2, 0.25) is 0 Å². The Hall–Kier alpha value is -2.24. The molecule has 0 aromatic carbocycles. The van der Waals surface area contributed by atoms with Crippen molar-refractivity contribution in [3.8, 4) is 0 Å². The van der Waals surface area contributed by atoms with Crippen molar-refractivity contribution in [3.63, 3.8) is 0 Å². The van der Waals surface area contributed by atoms with Crippen LogP contribution in [-0.2, 0) is 4.74 Å². The van der Waals surface area contributed by atoms with Gasteiger partial charge >= 0.3 is 6.09 Å². The number of likely N-dealkylation sites (tertiary alicyclic amines) is 1. The van der Waals surface area contributed by atoms with Crippen LogP contribution < -0.4 is 5.73 Å². The molecule has 2 aromatic rings. The highest BCUT2D eigenvalue weighted by Gasteiger charge is 2.32. The maximum Gasteiger partial charge on any atom is 0.410 e. The first-order valence-corrected chi connectivity index (χ1v) is 8.07. The predicted molar refractivity (Wildman–Crippen MR) is 90.0 cm³/mol. The van der Waals surface area contributed by atoms with Crippen LogP contribution in [0.5, 0.6) is 0 Å². The Balaban J connectivity index is 1.94. The Labute approximate surface area is 136 Å². The first-order valence-electron chi connectivity index (χ1n) is 8.07. The van der Waals surface area contributed by atoms with Crippen molar-refractivity contribution < 1.29 is 9.53 Å². The van der Waals surface area contributed by atoms with Gasteiger partial charge in [0.15, 0.2) is 0 Å². The Kier molecular flexibility index (Phi) is 3.92. The molecular weight excluding hydrogens is 292 g/mol. The first kappa shape index (κ1) is 15.6. The molecule has 1 aliphatic heterocycles. The first-order chi connectivity index (χ1) is 10.8. The van der Waals surface area contributed by atoms with Crippen molar-refractivity contribution in [2.75, 3.05) is 12.3 Å². The fraction of sp³-hybridized carbons (Fsp3) is 0.529. The molecule has 6 nitrogen and oxygen atoms in total. The van der Waals surface area contributed by atoms with Gasteiger partial charge in [-0.05, 0) is 46.1 Å². The molecule has 23 heavy (non-hydrogen) atoms. The van der Waals surface area contributed by atoms with Gasteiger partial charge in [0.1, 0.15) is 11.2 Å². The van der Waals surface area contributed by atoms with Gasteiger partial charge < -0.3 is 20.4 Å². The lowest BCUT2D eigenvalue weighted by molar-refractivity contribution is 0.00969. The lowest BCUT2D eigenvalue weighted by Gasteiger charge is -2.36. The molecular formula is C17H24N4O2. The van der Waals surface area contributed by atoms with Crippen LogP contribution in [0.3, 0.4) is 0 Å². The van der Waals surface area contributed by atoms with E-state index in [2.05, 4.69) is 9.97 Å². The Morgan fingerprint density at radius 3 is 2.96 bits per heavy atom. The summed E-state index contributed by atoms with van der Waals surface area (Å²) in [4.78, 5) is 21.9. The van der Waals surface area contributed by atoms with E-state index in [9.17, 15) is 4.79 Å². The van der Waals surface area contributed by atoms with E-state index in [0.29, 0.717) is 12.2 Å². The number of H-pyrrole nitrogens is 1. The number of rotatable bonds is 1. The van der Waals surface area contributed by atoms with Gasteiger partial charge in [-0.2, -0.15) is 0 Å². The molecule has 3 rings (SSSR count). The van der Waals surface area contributed by atoms with E-state index in [1.54, 1.807) is 6.20 Å². The van der Waals surface area contributed by atoms with Gasteiger partial charge in [0.25, 0.3) is 0 Å². The summed E-state index contributed by atoms with van der Waals surface area (Å²) in [5.74, 6) is 0. The molecule has 1 fully saturated rings. The molecule has 0 bridgehead atoms. The lowest BCUT2D eigenvalue weighted by Crippen LogP contribution is -2.41. The third-order valence-electron chi connectivity index (χ3n) is 4.07. The summed E-state index contributed by atoms with van der Waals surface area (Å²) in [5.41, 5.74) is 7.86.